The molecule has 16 heavy (non-hydrogen) atoms. The number of benzene rings is 1. The van der Waals surface area contributed by atoms with Crippen LogP contribution < -0.4 is 5.73 Å². The molecule has 2 heterocycles. The Bertz CT molecular complexity index is 594. The van der Waals surface area contributed by atoms with Gasteiger partial charge in [0.1, 0.15) is 0 Å². The topological polar surface area (TPSA) is 52.0 Å². The highest BCUT2D eigenvalue weighted by Crippen LogP contribution is 2.33. The van der Waals surface area contributed by atoms with Gasteiger partial charge in [-0.1, -0.05) is 18.2 Å². The Kier molecular flexibility index (Phi) is 2.23. The minimum atomic E-state index is 0.338. The van der Waals surface area contributed by atoms with Crippen molar-refractivity contribution >= 4 is 21.4 Å². The van der Waals surface area contributed by atoms with Crippen molar-refractivity contribution in [3.05, 3.63) is 42.4 Å². The number of rotatable bonds is 2. The molecule has 0 unspecified atom stereocenters. The fraction of sp³-hybridized carbons (Fsp3) is 0.0833. The van der Waals surface area contributed by atoms with Crippen LogP contribution in [0.5, 0.6) is 0 Å². The average Bonchev–Trinajstić information content (AvgIpc) is 2.95. The van der Waals surface area contributed by atoms with Gasteiger partial charge in [0.05, 0.1) is 17.6 Å². The van der Waals surface area contributed by atoms with E-state index >= 15 is 0 Å². The second-order valence-electron chi connectivity index (χ2n) is 3.47. The van der Waals surface area contributed by atoms with Crippen molar-refractivity contribution < 1.29 is 4.42 Å². The highest BCUT2D eigenvalue weighted by molar-refractivity contribution is 7.22. The van der Waals surface area contributed by atoms with E-state index in [1.807, 2.05) is 12.1 Å². The molecule has 80 valence electrons. The minimum absolute atomic E-state index is 0.338. The predicted octanol–water partition coefficient (Wildman–Crippen LogP) is 3.02. The summed E-state index contributed by atoms with van der Waals surface area (Å²) in [6, 6.07) is 10.4. The van der Waals surface area contributed by atoms with E-state index in [1.54, 1.807) is 17.5 Å². The summed E-state index contributed by atoms with van der Waals surface area (Å²) in [4.78, 5) is 5.19. The van der Waals surface area contributed by atoms with Gasteiger partial charge in [-0.15, -0.1) is 11.3 Å². The summed E-state index contributed by atoms with van der Waals surface area (Å²) < 4.78 is 6.78. The zero-order valence-electron chi connectivity index (χ0n) is 8.51. The first-order chi connectivity index (χ1) is 7.86. The van der Waals surface area contributed by atoms with Gasteiger partial charge in [0.15, 0.2) is 5.76 Å². The largest absolute Gasteiger partial charge is 0.438 e. The molecule has 2 aromatic heterocycles. The maximum Gasteiger partial charge on any atom is 0.208 e. The standard InChI is InChI=1S/C12H10N2OS/c13-6-12-14-7-9(15-12)11-5-8-3-1-2-4-10(8)16-11/h1-5,7H,6,13H2. The molecule has 0 aliphatic carbocycles. The van der Waals surface area contributed by atoms with Gasteiger partial charge >= 0.3 is 0 Å². The number of hydrogen-bond acceptors (Lipinski definition) is 4. The molecule has 3 nitrogen and oxygen atoms in total. The lowest BCUT2D eigenvalue weighted by Gasteiger charge is -1.87. The van der Waals surface area contributed by atoms with E-state index in [1.165, 1.54) is 10.1 Å². The molecule has 0 bridgehead atoms. The first kappa shape index (κ1) is 9.57. The van der Waals surface area contributed by atoms with Gasteiger partial charge < -0.3 is 10.2 Å². The van der Waals surface area contributed by atoms with Crippen LogP contribution in [-0.4, -0.2) is 4.98 Å². The van der Waals surface area contributed by atoms with Crippen LogP contribution in [0.25, 0.3) is 20.7 Å². The average molecular weight is 230 g/mol. The quantitative estimate of drug-likeness (QED) is 0.736. The second kappa shape index (κ2) is 3.73. The molecule has 1 aromatic carbocycles. The second-order valence-corrected chi connectivity index (χ2v) is 4.55. The Morgan fingerprint density at radius 3 is 2.94 bits per heavy atom. The monoisotopic (exact) mass is 230 g/mol. The van der Waals surface area contributed by atoms with Gasteiger partial charge in [0, 0.05) is 4.70 Å². The molecular formula is C12H10N2OS. The lowest BCUT2D eigenvalue weighted by atomic mass is 10.2. The van der Waals surface area contributed by atoms with Gasteiger partial charge in [-0.3, -0.25) is 0 Å². The minimum Gasteiger partial charge on any atom is -0.438 e. The third-order valence-electron chi connectivity index (χ3n) is 2.40. The number of hydrogen-bond donors (Lipinski definition) is 1. The van der Waals surface area contributed by atoms with E-state index in [0.717, 1.165) is 10.6 Å². The van der Waals surface area contributed by atoms with E-state index < -0.39 is 0 Å². The molecule has 0 aliphatic rings. The Hall–Kier alpha value is -1.65. The van der Waals surface area contributed by atoms with E-state index in [9.17, 15) is 0 Å². The Morgan fingerprint density at radius 1 is 1.31 bits per heavy atom. The summed E-state index contributed by atoms with van der Waals surface area (Å²) in [6.07, 6.45) is 1.73. The summed E-state index contributed by atoms with van der Waals surface area (Å²) in [7, 11) is 0. The summed E-state index contributed by atoms with van der Waals surface area (Å²) in [5, 5.41) is 1.23. The molecule has 0 fully saturated rings. The van der Waals surface area contributed by atoms with Crippen LogP contribution in [0, 0.1) is 0 Å². The molecule has 0 saturated carbocycles. The molecule has 0 atom stereocenters. The summed E-state index contributed by atoms with van der Waals surface area (Å²) in [5.74, 6) is 1.37. The fourth-order valence-corrected chi connectivity index (χ4v) is 2.63. The van der Waals surface area contributed by atoms with E-state index in [0.29, 0.717) is 12.4 Å². The Labute approximate surface area is 96.5 Å². The van der Waals surface area contributed by atoms with Gasteiger partial charge in [-0.05, 0) is 17.5 Å². The zero-order chi connectivity index (χ0) is 11.0. The van der Waals surface area contributed by atoms with Crippen molar-refractivity contribution in [3.8, 4) is 10.6 Å². The maximum absolute atomic E-state index is 5.52. The van der Waals surface area contributed by atoms with Gasteiger partial charge in [0.2, 0.25) is 5.89 Å². The third kappa shape index (κ3) is 1.52. The van der Waals surface area contributed by atoms with Gasteiger partial charge in [0.25, 0.3) is 0 Å². The van der Waals surface area contributed by atoms with Crippen LogP contribution in [0.1, 0.15) is 5.89 Å². The molecule has 4 heteroatoms. The summed E-state index contributed by atoms with van der Waals surface area (Å²) in [6.45, 7) is 0.338. The molecule has 0 radical (unpaired) electrons. The summed E-state index contributed by atoms with van der Waals surface area (Å²) >= 11 is 1.70. The Morgan fingerprint density at radius 2 is 2.19 bits per heavy atom. The smallest absolute Gasteiger partial charge is 0.208 e. The number of aromatic nitrogens is 1. The maximum atomic E-state index is 5.52. The van der Waals surface area contributed by atoms with Crippen molar-refractivity contribution in [2.45, 2.75) is 6.54 Å². The number of thiophene rings is 1. The summed E-state index contributed by atoms with van der Waals surface area (Å²) in [5.41, 5.74) is 5.46. The number of nitrogens with zero attached hydrogens (tertiary/aromatic N) is 1. The number of nitrogens with two attached hydrogens (primary N) is 1. The van der Waals surface area contributed by atoms with Crippen LogP contribution >= 0.6 is 11.3 Å². The van der Waals surface area contributed by atoms with Crippen LogP contribution in [-0.2, 0) is 6.54 Å². The third-order valence-corrected chi connectivity index (χ3v) is 3.53. The fourth-order valence-electron chi connectivity index (χ4n) is 1.62. The van der Waals surface area contributed by atoms with Crippen molar-refractivity contribution in [1.29, 1.82) is 0 Å². The lowest BCUT2D eigenvalue weighted by molar-refractivity contribution is 0.510. The van der Waals surface area contributed by atoms with Crippen molar-refractivity contribution in [3.63, 3.8) is 0 Å². The van der Waals surface area contributed by atoms with Crippen molar-refractivity contribution in [1.82, 2.24) is 4.98 Å². The molecule has 0 amide bonds. The van der Waals surface area contributed by atoms with Crippen LogP contribution in [0.4, 0.5) is 0 Å². The van der Waals surface area contributed by atoms with Crippen LogP contribution in [0.15, 0.2) is 40.9 Å². The van der Waals surface area contributed by atoms with Gasteiger partial charge in [-0.2, -0.15) is 0 Å². The lowest BCUT2D eigenvalue weighted by Crippen LogP contribution is -1.94. The molecule has 0 aliphatic heterocycles. The van der Waals surface area contributed by atoms with E-state index in [2.05, 4.69) is 23.2 Å². The zero-order valence-corrected chi connectivity index (χ0v) is 9.33. The SMILES string of the molecule is NCc1ncc(-c2cc3ccccc3s2)o1. The van der Waals surface area contributed by atoms with Crippen LogP contribution in [0.2, 0.25) is 0 Å². The first-order valence-electron chi connectivity index (χ1n) is 5.00. The van der Waals surface area contributed by atoms with Crippen LogP contribution in [0.3, 0.4) is 0 Å². The molecule has 0 saturated heterocycles. The first-order valence-corrected chi connectivity index (χ1v) is 5.82. The molecule has 0 spiro atoms. The van der Waals surface area contributed by atoms with E-state index in [-0.39, 0.29) is 0 Å². The van der Waals surface area contributed by atoms with Gasteiger partial charge in [-0.25, -0.2) is 4.98 Å². The molecule has 2 N–H and O–H groups in total. The molecule has 3 aromatic rings. The number of oxazole rings is 1. The molecule has 3 rings (SSSR count). The normalized spacial score (nSPS) is 11.1. The number of fused-ring (bicyclic) bond motifs is 1. The van der Waals surface area contributed by atoms with Crippen molar-refractivity contribution in [2.75, 3.05) is 0 Å². The predicted molar refractivity (Wildman–Crippen MR) is 65.2 cm³/mol. The highest BCUT2D eigenvalue weighted by atomic mass is 32.1. The highest BCUT2D eigenvalue weighted by Gasteiger charge is 2.08. The van der Waals surface area contributed by atoms with E-state index in [4.69, 9.17) is 10.2 Å². The van der Waals surface area contributed by atoms with Crippen molar-refractivity contribution in [2.24, 2.45) is 5.73 Å². The Balaban J connectivity index is 2.11. The molecular weight excluding hydrogens is 220 g/mol.